The van der Waals surface area contributed by atoms with Crippen LogP contribution in [-0.2, 0) is 5.75 Å². The topological polar surface area (TPSA) is 66.8 Å². The molecule has 0 saturated heterocycles. The van der Waals surface area contributed by atoms with Crippen LogP contribution in [0.3, 0.4) is 0 Å². The van der Waals surface area contributed by atoms with Gasteiger partial charge in [-0.05, 0) is 18.2 Å². The number of benzene rings is 1. The Hall–Kier alpha value is -1.20. The van der Waals surface area contributed by atoms with Crippen molar-refractivity contribution in [3.05, 3.63) is 29.3 Å². The molecule has 0 fully saturated rings. The van der Waals surface area contributed by atoms with Gasteiger partial charge in [-0.1, -0.05) is 6.92 Å². The van der Waals surface area contributed by atoms with Crippen molar-refractivity contribution in [3.63, 3.8) is 0 Å². The molecule has 4 nitrogen and oxygen atoms in total. The van der Waals surface area contributed by atoms with E-state index in [1.54, 1.807) is 31.0 Å². The number of carboxylic acids is 1. The van der Waals surface area contributed by atoms with Gasteiger partial charge in [-0.2, -0.15) is 11.8 Å². The minimum absolute atomic E-state index is 0.103. The van der Waals surface area contributed by atoms with Crippen molar-refractivity contribution in [2.24, 2.45) is 0 Å². The molecule has 0 heterocycles. The highest BCUT2D eigenvalue weighted by molar-refractivity contribution is 7.99. The number of methoxy groups -OCH3 is 1. The highest BCUT2D eigenvalue weighted by atomic mass is 32.2. The lowest BCUT2D eigenvalue weighted by molar-refractivity contribution is 0.0696. The van der Waals surface area contributed by atoms with Gasteiger partial charge in [-0.3, -0.25) is 0 Å². The molecule has 0 aliphatic carbocycles. The molecule has 1 rings (SSSR count). The van der Waals surface area contributed by atoms with Crippen LogP contribution in [-0.4, -0.2) is 35.1 Å². The molecule has 5 heteroatoms. The number of thioether (sulfide) groups is 1. The van der Waals surface area contributed by atoms with Crippen LogP contribution in [0.5, 0.6) is 5.75 Å². The third-order valence-corrected chi connectivity index (χ3v) is 3.50. The fourth-order valence-electron chi connectivity index (χ4n) is 1.31. The van der Waals surface area contributed by atoms with Crippen molar-refractivity contribution in [1.82, 2.24) is 0 Å². The number of aliphatic hydroxyl groups excluding tert-OH is 1. The summed E-state index contributed by atoms with van der Waals surface area (Å²) in [5.74, 6) is 0.341. The summed E-state index contributed by atoms with van der Waals surface area (Å²) in [5, 5.41) is 18.0. The molecule has 1 aromatic carbocycles. The summed E-state index contributed by atoms with van der Waals surface area (Å²) in [6.45, 7) is 2.02. The largest absolute Gasteiger partial charge is 0.496 e. The fraction of sp³-hybridized carbons (Fsp3) is 0.417. The van der Waals surface area contributed by atoms with Gasteiger partial charge in [-0.15, -0.1) is 0 Å². The second kappa shape index (κ2) is 6.51. The van der Waals surface area contributed by atoms with Gasteiger partial charge in [0.2, 0.25) is 0 Å². The molecule has 0 bridgehead atoms. The molecule has 0 aromatic heterocycles. The first-order chi connectivity index (χ1) is 8.08. The number of ether oxygens (including phenoxy) is 1. The minimum atomic E-state index is -0.950. The molecule has 0 spiro atoms. The lowest BCUT2D eigenvalue weighted by Crippen LogP contribution is -2.04. The number of aliphatic hydroxyl groups is 1. The van der Waals surface area contributed by atoms with Crippen molar-refractivity contribution >= 4 is 17.7 Å². The van der Waals surface area contributed by atoms with E-state index in [4.69, 9.17) is 14.9 Å². The summed E-state index contributed by atoms with van der Waals surface area (Å²) in [6, 6.07) is 4.78. The van der Waals surface area contributed by atoms with E-state index in [1.165, 1.54) is 6.07 Å². The van der Waals surface area contributed by atoms with Gasteiger partial charge in [0, 0.05) is 16.6 Å². The molecule has 1 unspecified atom stereocenters. The lowest BCUT2D eigenvalue weighted by atomic mass is 10.1. The number of carbonyl (C=O) groups is 1. The van der Waals surface area contributed by atoms with E-state index in [0.717, 1.165) is 5.56 Å². The van der Waals surface area contributed by atoms with Crippen LogP contribution in [0.1, 0.15) is 22.8 Å². The molecule has 0 radical (unpaired) electrons. The van der Waals surface area contributed by atoms with E-state index in [9.17, 15) is 4.79 Å². The monoisotopic (exact) mass is 256 g/mol. The molecule has 2 N–H and O–H groups in total. The summed E-state index contributed by atoms with van der Waals surface area (Å²) in [5.41, 5.74) is 1.08. The minimum Gasteiger partial charge on any atom is -0.496 e. The van der Waals surface area contributed by atoms with Crippen LogP contribution in [0.2, 0.25) is 0 Å². The molecule has 94 valence electrons. The smallest absolute Gasteiger partial charge is 0.335 e. The number of hydrogen-bond donors (Lipinski definition) is 2. The van der Waals surface area contributed by atoms with Crippen molar-refractivity contribution < 1.29 is 19.7 Å². The maximum Gasteiger partial charge on any atom is 0.335 e. The Labute approximate surface area is 105 Å². The first kappa shape index (κ1) is 13.9. The maximum atomic E-state index is 10.9. The molecule has 1 atom stereocenters. The summed E-state index contributed by atoms with van der Waals surface area (Å²) in [7, 11) is 1.55. The average Bonchev–Trinajstić information content (AvgIpc) is 2.35. The number of hydrogen-bond acceptors (Lipinski definition) is 4. The zero-order valence-corrected chi connectivity index (χ0v) is 10.7. The predicted molar refractivity (Wildman–Crippen MR) is 67.8 cm³/mol. The molecular weight excluding hydrogens is 240 g/mol. The van der Waals surface area contributed by atoms with Crippen LogP contribution in [0.15, 0.2) is 18.2 Å². The van der Waals surface area contributed by atoms with E-state index in [2.05, 4.69) is 0 Å². The summed E-state index contributed by atoms with van der Waals surface area (Å²) in [6.07, 6.45) is 0. The molecule has 0 saturated carbocycles. The summed E-state index contributed by atoms with van der Waals surface area (Å²) in [4.78, 5) is 10.9. The molecule has 0 aliphatic heterocycles. The Morgan fingerprint density at radius 2 is 2.24 bits per heavy atom. The number of rotatable bonds is 6. The highest BCUT2D eigenvalue weighted by Gasteiger charge is 2.10. The van der Waals surface area contributed by atoms with Crippen LogP contribution >= 0.6 is 11.8 Å². The second-order valence-corrected chi connectivity index (χ2v) is 5.06. The highest BCUT2D eigenvalue weighted by Crippen LogP contribution is 2.26. The van der Waals surface area contributed by atoms with Crippen molar-refractivity contribution in [2.45, 2.75) is 17.9 Å². The molecule has 1 aromatic rings. The standard InChI is InChI=1S/C12H16O4S/c1-8(6-13)17-7-10-5-9(12(14)15)3-4-11(10)16-2/h3-5,8,13H,6-7H2,1-2H3,(H,14,15). The van der Waals surface area contributed by atoms with Gasteiger partial charge < -0.3 is 14.9 Å². The quantitative estimate of drug-likeness (QED) is 0.815. The Morgan fingerprint density at radius 1 is 1.53 bits per heavy atom. The van der Waals surface area contributed by atoms with Gasteiger partial charge in [-0.25, -0.2) is 4.79 Å². The van der Waals surface area contributed by atoms with Crippen LogP contribution in [0.4, 0.5) is 0 Å². The number of aromatic carboxylic acids is 1. The SMILES string of the molecule is COc1ccc(C(=O)O)cc1CSC(C)CO. The first-order valence-corrected chi connectivity index (χ1v) is 6.26. The van der Waals surface area contributed by atoms with Crippen molar-refractivity contribution in [2.75, 3.05) is 13.7 Å². The van der Waals surface area contributed by atoms with Crippen LogP contribution in [0, 0.1) is 0 Å². The van der Waals surface area contributed by atoms with Gasteiger partial charge in [0.15, 0.2) is 0 Å². The average molecular weight is 256 g/mol. The predicted octanol–water partition coefficient (Wildman–Crippen LogP) is 2.01. The molecular formula is C12H16O4S. The zero-order valence-electron chi connectivity index (χ0n) is 9.84. The lowest BCUT2D eigenvalue weighted by Gasteiger charge is -2.11. The molecule has 0 aliphatic rings. The van der Waals surface area contributed by atoms with Crippen LogP contribution in [0.25, 0.3) is 0 Å². The van der Waals surface area contributed by atoms with Crippen LogP contribution < -0.4 is 4.74 Å². The Kier molecular flexibility index (Phi) is 5.31. The van der Waals surface area contributed by atoms with E-state index >= 15 is 0 Å². The van der Waals surface area contributed by atoms with E-state index in [0.29, 0.717) is 11.5 Å². The Balaban J connectivity index is 2.86. The van der Waals surface area contributed by atoms with Gasteiger partial charge in [0.25, 0.3) is 0 Å². The van der Waals surface area contributed by atoms with Gasteiger partial charge in [0.05, 0.1) is 19.3 Å². The van der Waals surface area contributed by atoms with E-state index in [1.807, 2.05) is 6.92 Å². The van der Waals surface area contributed by atoms with Crippen molar-refractivity contribution in [1.29, 1.82) is 0 Å². The Morgan fingerprint density at radius 3 is 2.76 bits per heavy atom. The Bertz CT molecular complexity index is 392. The van der Waals surface area contributed by atoms with Gasteiger partial charge in [0.1, 0.15) is 5.75 Å². The summed E-state index contributed by atoms with van der Waals surface area (Å²) >= 11 is 1.56. The molecule has 17 heavy (non-hydrogen) atoms. The normalized spacial score (nSPS) is 12.2. The maximum absolute atomic E-state index is 10.9. The molecule has 0 amide bonds. The number of carboxylic acid groups (broad SMARTS) is 1. The zero-order chi connectivity index (χ0) is 12.8. The third kappa shape index (κ3) is 3.94. The van der Waals surface area contributed by atoms with Crippen molar-refractivity contribution in [3.8, 4) is 5.75 Å². The first-order valence-electron chi connectivity index (χ1n) is 5.21. The van der Waals surface area contributed by atoms with E-state index in [-0.39, 0.29) is 17.4 Å². The second-order valence-electron chi connectivity index (χ2n) is 3.64. The van der Waals surface area contributed by atoms with E-state index < -0.39 is 5.97 Å². The van der Waals surface area contributed by atoms with Gasteiger partial charge >= 0.3 is 5.97 Å². The third-order valence-electron chi connectivity index (χ3n) is 2.31. The fourth-order valence-corrected chi connectivity index (χ4v) is 2.10. The summed E-state index contributed by atoms with van der Waals surface area (Å²) < 4.78 is 5.18.